The molecule has 208 valence electrons. The lowest BCUT2D eigenvalue weighted by atomic mass is 10.1. The first-order chi connectivity index (χ1) is 18.2. The van der Waals surface area contributed by atoms with E-state index in [2.05, 4.69) is 21.2 Å². The molecule has 0 fully saturated rings. The molecule has 7 nitrogen and oxygen atoms in total. The summed E-state index contributed by atoms with van der Waals surface area (Å²) in [6, 6.07) is 19.3. The maximum Gasteiger partial charge on any atom is 0.264 e. The molecular formula is C29H33BrClN3O4S. The van der Waals surface area contributed by atoms with Crippen molar-refractivity contribution in [3.05, 3.63) is 93.4 Å². The molecule has 0 saturated carbocycles. The number of benzene rings is 3. The fourth-order valence-electron chi connectivity index (χ4n) is 3.89. The number of halogens is 2. The van der Waals surface area contributed by atoms with Gasteiger partial charge in [0.05, 0.1) is 10.6 Å². The molecule has 0 aliphatic carbocycles. The molecule has 10 heteroatoms. The van der Waals surface area contributed by atoms with Crippen molar-refractivity contribution in [2.75, 3.05) is 10.8 Å². The normalized spacial score (nSPS) is 12.5. The molecule has 0 heterocycles. The van der Waals surface area contributed by atoms with Crippen LogP contribution >= 0.6 is 27.5 Å². The number of rotatable bonds is 9. The topological polar surface area (TPSA) is 86.8 Å². The number of sulfonamides is 1. The van der Waals surface area contributed by atoms with Gasteiger partial charge in [0.2, 0.25) is 11.8 Å². The van der Waals surface area contributed by atoms with E-state index in [1.165, 1.54) is 23.1 Å². The molecule has 0 spiro atoms. The Labute approximate surface area is 244 Å². The summed E-state index contributed by atoms with van der Waals surface area (Å²) in [6.07, 6.45) is 0. The smallest absolute Gasteiger partial charge is 0.264 e. The quantitative estimate of drug-likeness (QED) is 0.316. The Kier molecular flexibility index (Phi) is 9.85. The van der Waals surface area contributed by atoms with Crippen molar-refractivity contribution in [2.24, 2.45) is 0 Å². The van der Waals surface area contributed by atoms with Crippen LogP contribution in [0.1, 0.15) is 38.8 Å². The SMILES string of the molecule is Cc1ccc(S(=O)(=O)N(CC(=O)N(Cc2cccc(Br)c2)C(C)C(=O)NC(C)(C)C)c2cccc(Cl)c2)cc1. The second-order valence-corrected chi connectivity index (χ2v) is 13.6. The van der Waals surface area contributed by atoms with Crippen molar-refractivity contribution in [3.8, 4) is 0 Å². The average Bonchev–Trinajstić information content (AvgIpc) is 2.84. The van der Waals surface area contributed by atoms with Crippen LogP contribution in [0, 0.1) is 6.92 Å². The summed E-state index contributed by atoms with van der Waals surface area (Å²) < 4.78 is 29.5. The standard InChI is InChI=1S/C29H33BrClN3O4S/c1-20-12-14-26(15-13-20)39(37,38)34(25-11-7-10-24(31)17-25)19-27(35)33(18-22-8-6-9-23(30)16-22)21(2)28(36)32-29(3,4)5/h6-17,21H,18-19H2,1-5H3,(H,32,36). The zero-order valence-corrected chi connectivity index (χ0v) is 25.8. The second-order valence-electron chi connectivity index (χ2n) is 10.4. The van der Waals surface area contributed by atoms with E-state index in [-0.39, 0.29) is 23.0 Å². The summed E-state index contributed by atoms with van der Waals surface area (Å²) in [6.45, 7) is 8.63. The van der Waals surface area contributed by atoms with E-state index in [1.54, 1.807) is 37.3 Å². The third kappa shape index (κ3) is 8.30. The lowest BCUT2D eigenvalue weighted by Gasteiger charge is -2.33. The van der Waals surface area contributed by atoms with Gasteiger partial charge in [-0.3, -0.25) is 13.9 Å². The largest absolute Gasteiger partial charge is 0.350 e. The molecule has 1 N–H and O–H groups in total. The molecule has 0 aromatic heterocycles. The highest BCUT2D eigenvalue weighted by atomic mass is 79.9. The van der Waals surface area contributed by atoms with Gasteiger partial charge in [-0.15, -0.1) is 0 Å². The van der Waals surface area contributed by atoms with E-state index in [0.717, 1.165) is 19.9 Å². The fourth-order valence-corrected chi connectivity index (χ4v) is 5.92. The summed E-state index contributed by atoms with van der Waals surface area (Å²) in [5, 5.41) is 3.24. The third-order valence-corrected chi connectivity index (χ3v) is 8.41. The first kappa shape index (κ1) is 30.7. The summed E-state index contributed by atoms with van der Waals surface area (Å²) in [5.41, 5.74) is 1.41. The Balaban J connectivity index is 2.04. The molecule has 0 aliphatic rings. The molecule has 0 saturated heterocycles. The van der Waals surface area contributed by atoms with E-state index >= 15 is 0 Å². The number of aryl methyl sites for hydroxylation is 1. The van der Waals surface area contributed by atoms with Crippen molar-refractivity contribution in [2.45, 2.75) is 57.6 Å². The number of carbonyl (C=O) groups is 2. The number of hydrogen-bond donors (Lipinski definition) is 1. The van der Waals surface area contributed by atoms with Crippen LogP contribution < -0.4 is 9.62 Å². The summed E-state index contributed by atoms with van der Waals surface area (Å²) >= 11 is 9.65. The van der Waals surface area contributed by atoms with Gasteiger partial charge in [0, 0.05) is 21.6 Å². The summed E-state index contributed by atoms with van der Waals surface area (Å²) in [7, 11) is -4.15. The summed E-state index contributed by atoms with van der Waals surface area (Å²) in [4.78, 5) is 28.5. The minimum absolute atomic E-state index is 0.0398. The molecule has 2 amide bonds. The van der Waals surface area contributed by atoms with Crippen LogP contribution in [0.15, 0.2) is 82.2 Å². The number of nitrogens with zero attached hydrogens (tertiary/aromatic N) is 2. The van der Waals surface area contributed by atoms with Gasteiger partial charge in [0.15, 0.2) is 0 Å². The Morgan fingerprint density at radius 2 is 1.64 bits per heavy atom. The van der Waals surface area contributed by atoms with Gasteiger partial charge in [0.25, 0.3) is 10.0 Å². The highest BCUT2D eigenvalue weighted by molar-refractivity contribution is 9.10. The van der Waals surface area contributed by atoms with Gasteiger partial charge >= 0.3 is 0 Å². The predicted molar refractivity (Wildman–Crippen MR) is 159 cm³/mol. The Bertz CT molecular complexity index is 1440. The van der Waals surface area contributed by atoms with Crippen LogP contribution in [0.4, 0.5) is 5.69 Å². The lowest BCUT2D eigenvalue weighted by Crippen LogP contribution is -2.54. The van der Waals surface area contributed by atoms with Crippen LogP contribution in [-0.2, 0) is 26.2 Å². The number of anilines is 1. The second kappa shape index (κ2) is 12.5. The van der Waals surface area contributed by atoms with E-state index in [0.29, 0.717) is 5.02 Å². The van der Waals surface area contributed by atoms with Crippen molar-refractivity contribution < 1.29 is 18.0 Å². The van der Waals surface area contributed by atoms with Gasteiger partial charge in [-0.2, -0.15) is 0 Å². The van der Waals surface area contributed by atoms with Crippen molar-refractivity contribution in [1.82, 2.24) is 10.2 Å². The van der Waals surface area contributed by atoms with Crippen LogP contribution in [0.25, 0.3) is 0 Å². The predicted octanol–water partition coefficient (Wildman–Crippen LogP) is 5.94. The number of carbonyl (C=O) groups excluding carboxylic acids is 2. The maximum atomic E-state index is 13.9. The molecular weight excluding hydrogens is 602 g/mol. The molecule has 1 atom stereocenters. The molecule has 3 aromatic rings. The first-order valence-electron chi connectivity index (χ1n) is 12.4. The molecule has 1 unspecified atom stereocenters. The van der Waals surface area contributed by atoms with E-state index in [9.17, 15) is 18.0 Å². The van der Waals surface area contributed by atoms with Crippen LogP contribution in [0.2, 0.25) is 5.02 Å². The van der Waals surface area contributed by atoms with Crippen LogP contribution in [0.3, 0.4) is 0 Å². The van der Waals surface area contributed by atoms with Crippen LogP contribution in [0.5, 0.6) is 0 Å². The van der Waals surface area contributed by atoms with Gasteiger partial charge in [0.1, 0.15) is 12.6 Å². The van der Waals surface area contributed by atoms with E-state index in [1.807, 2.05) is 52.0 Å². The minimum Gasteiger partial charge on any atom is -0.350 e. The monoisotopic (exact) mass is 633 g/mol. The fraction of sp³-hybridized carbons (Fsp3) is 0.310. The van der Waals surface area contributed by atoms with Gasteiger partial charge in [-0.05, 0) is 82.6 Å². The molecule has 0 bridgehead atoms. The first-order valence-corrected chi connectivity index (χ1v) is 15.0. The Morgan fingerprint density at radius 1 is 1.00 bits per heavy atom. The zero-order valence-electron chi connectivity index (χ0n) is 22.6. The molecule has 3 rings (SSSR count). The lowest BCUT2D eigenvalue weighted by molar-refractivity contribution is -0.140. The molecule has 3 aromatic carbocycles. The number of hydrogen-bond acceptors (Lipinski definition) is 4. The zero-order chi connectivity index (χ0) is 29.0. The van der Waals surface area contributed by atoms with Crippen molar-refractivity contribution in [1.29, 1.82) is 0 Å². The molecule has 39 heavy (non-hydrogen) atoms. The highest BCUT2D eigenvalue weighted by Gasteiger charge is 2.33. The average molecular weight is 635 g/mol. The highest BCUT2D eigenvalue weighted by Crippen LogP contribution is 2.27. The molecule has 0 radical (unpaired) electrons. The Morgan fingerprint density at radius 3 is 2.23 bits per heavy atom. The van der Waals surface area contributed by atoms with Gasteiger partial charge < -0.3 is 10.2 Å². The van der Waals surface area contributed by atoms with Crippen LogP contribution in [-0.4, -0.2) is 43.3 Å². The summed E-state index contributed by atoms with van der Waals surface area (Å²) in [5.74, 6) is -0.885. The van der Waals surface area contributed by atoms with E-state index < -0.39 is 34.1 Å². The third-order valence-electron chi connectivity index (χ3n) is 5.89. The van der Waals surface area contributed by atoms with Crippen molar-refractivity contribution in [3.63, 3.8) is 0 Å². The van der Waals surface area contributed by atoms with E-state index in [4.69, 9.17) is 11.6 Å². The van der Waals surface area contributed by atoms with Gasteiger partial charge in [-0.1, -0.05) is 63.4 Å². The Hall–Kier alpha value is -2.88. The number of amides is 2. The van der Waals surface area contributed by atoms with Crippen molar-refractivity contribution >= 4 is 55.1 Å². The molecule has 0 aliphatic heterocycles. The minimum atomic E-state index is -4.15. The number of nitrogens with one attached hydrogen (secondary N) is 1. The maximum absolute atomic E-state index is 13.9. The van der Waals surface area contributed by atoms with Gasteiger partial charge in [-0.25, -0.2) is 8.42 Å².